The summed E-state index contributed by atoms with van der Waals surface area (Å²) >= 11 is 3.44. The number of nitrogens with two attached hydrogens (primary N) is 1. The quantitative estimate of drug-likeness (QED) is 0.783. The lowest BCUT2D eigenvalue weighted by Crippen LogP contribution is -2.08. The van der Waals surface area contributed by atoms with Crippen molar-refractivity contribution >= 4 is 21.9 Å². The average molecular weight is 347 g/mol. The normalized spacial score (nSPS) is 10.6. The van der Waals surface area contributed by atoms with E-state index in [0.29, 0.717) is 11.7 Å². The average Bonchev–Trinajstić information content (AvgIpc) is 2.95. The Balaban J connectivity index is 1.95. The van der Waals surface area contributed by atoms with Crippen LogP contribution in [0.5, 0.6) is 11.8 Å². The molecule has 0 aliphatic heterocycles. The van der Waals surface area contributed by atoms with Crippen molar-refractivity contribution in [3.8, 4) is 17.7 Å². The lowest BCUT2D eigenvalue weighted by molar-refractivity contribution is 0.436. The maximum atomic E-state index is 5.69. The van der Waals surface area contributed by atoms with Crippen LogP contribution in [0.3, 0.4) is 0 Å². The van der Waals surface area contributed by atoms with Crippen LogP contribution in [0.15, 0.2) is 41.1 Å². The maximum Gasteiger partial charge on any atom is 0.328 e. The molecule has 0 saturated heterocycles. The number of aryl methyl sites for hydroxylation is 1. The molecule has 8 heteroatoms. The fourth-order valence-electron chi connectivity index (χ4n) is 1.68. The first-order chi connectivity index (χ1) is 10.1. The zero-order valence-electron chi connectivity index (χ0n) is 11.1. The lowest BCUT2D eigenvalue weighted by atomic mass is 10.2. The Hall–Kier alpha value is -2.48. The molecule has 0 spiro atoms. The largest absolute Gasteiger partial charge is 0.423 e. The predicted octanol–water partition coefficient (Wildman–Crippen LogP) is 2.50. The van der Waals surface area contributed by atoms with Gasteiger partial charge >= 0.3 is 6.01 Å². The standard InChI is InChI=1S/C13H11BrN6O/c1-8-3-4-10(9(14)7-8)21-13-18-11(15)17-12(19-13)20-6-2-5-16-20/h2-7H,1H3,(H2,15,17,18,19). The van der Waals surface area contributed by atoms with Gasteiger partial charge in [-0.2, -0.15) is 20.1 Å². The number of nitrogens with zero attached hydrogens (tertiary/aromatic N) is 5. The first-order valence-electron chi connectivity index (χ1n) is 6.07. The molecule has 0 bridgehead atoms. The molecule has 0 aliphatic carbocycles. The molecule has 2 N–H and O–H groups in total. The van der Waals surface area contributed by atoms with Crippen LogP contribution in [0.1, 0.15) is 5.56 Å². The third-order valence-corrected chi connectivity index (χ3v) is 3.24. The summed E-state index contributed by atoms with van der Waals surface area (Å²) in [6.07, 6.45) is 3.33. The van der Waals surface area contributed by atoms with Crippen LogP contribution in [-0.2, 0) is 0 Å². The fraction of sp³-hybridized carbons (Fsp3) is 0.0769. The van der Waals surface area contributed by atoms with Crippen molar-refractivity contribution < 1.29 is 4.74 Å². The molecular formula is C13H11BrN6O. The van der Waals surface area contributed by atoms with Gasteiger partial charge in [0, 0.05) is 12.4 Å². The monoisotopic (exact) mass is 346 g/mol. The third kappa shape index (κ3) is 3.00. The Labute approximate surface area is 128 Å². The first kappa shape index (κ1) is 13.5. The van der Waals surface area contributed by atoms with Gasteiger partial charge in [0.25, 0.3) is 5.95 Å². The second-order valence-corrected chi connectivity index (χ2v) is 5.12. The Morgan fingerprint density at radius 2 is 2.10 bits per heavy atom. The number of aromatic nitrogens is 5. The van der Waals surface area contributed by atoms with E-state index in [2.05, 4.69) is 36.0 Å². The minimum atomic E-state index is 0.0636. The molecule has 3 rings (SSSR count). The van der Waals surface area contributed by atoms with Gasteiger partial charge in [0.1, 0.15) is 5.75 Å². The van der Waals surface area contributed by atoms with Crippen molar-refractivity contribution in [3.05, 3.63) is 46.7 Å². The highest BCUT2D eigenvalue weighted by atomic mass is 79.9. The Kier molecular flexibility index (Phi) is 3.53. The second kappa shape index (κ2) is 5.49. The molecule has 0 aliphatic rings. The van der Waals surface area contributed by atoms with E-state index in [1.54, 1.807) is 18.5 Å². The van der Waals surface area contributed by atoms with E-state index in [-0.39, 0.29) is 12.0 Å². The molecule has 106 valence electrons. The molecule has 2 heterocycles. The minimum absolute atomic E-state index is 0.0636. The first-order valence-corrected chi connectivity index (χ1v) is 6.87. The highest BCUT2D eigenvalue weighted by Crippen LogP contribution is 2.29. The molecular weight excluding hydrogens is 336 g/mol. The highest BCUT2D eigenvalue weighted by Gasteiger charge is 2.10. The van der Waals surface area contributed by atoms with Crippen molar-refractivity contribution in [2.24, 2.45) is 0 Å². The van der Waals surface area contributed by atoms with Crippen LogP contribution in [-0.4, -0.2) is 24.7 Å². The molecule has 0 atom stereocenters. The molecule has 7 nitrogen and oxygen atoms in total. The Morgan fingerprint density at radius 1 is 1.24 bits per heavy atom. The molecule has 0 radical (unpaired) electrons. The van der Waals surface area contributed by atoms with Crippen LogP contribution < -0.4 is 10.5 Å². The smallest absolute Gasteiger partial charge is 0.328 e. The lowest BCUT2D eigenvalue weighted by Gasteiger charge is -2.08. The third-order valence-electron chi connectivity index (χ3n) is 2.62. The number of nitrogen functional groups attached to an aromatic ring is 1. The predicted molar refractivity (Wildman–Crippen MR) is 80.3 cm³/mol. The van der Waals surface area contributed by atoms with E-state index >= 15 is 0 Å². The number of benzene rings is 1. The summed E-state index contributed by atoms with van der Waals surface area (Å²) in [6.45, 7) is 1.99. The van der Waals surface area contributed by atoms with Crippen LogP contribution in [0.2, 0.25) is 0 Å². The van der Waals surface area contributed by atoms with Crippen molar-refractivity contribution in [2.45, 2.75) is 6.92 Å². The molecule has 0 amide bonds. The van der Waals surface area contributed by atoms with Crippen LogP contribution in [0.4, 0.5) is 5.95 Å². The summed E-state index contributed by atoms with van der Waals surface area (Å²) in [7, 11) is 0. The van der Waals surface area contributed by atoms with E-state index in [1.807, 2.05) is 25.1 Å². The number of ether oxygens (including phenoxy) is 1. The summed E-state index contributed by atoms with van der Waals surface area (Å²) < 4.78 is 7.94. The van der Waals surface area contributed by atoms with Gasteiger partial charge < -0.3 is 10.5 Å². The molecule has 0 saturated carbocycles. The summed E-state index contributed by atoms with van der Waals surface area (Å²) in [5.74, 6) is 0.956. The van der Waals surface area contributed by atoms with Crippen LogP contribution in [0, 0.1) is 6.92 Å². The van der Waals surface area contributed by atoms with E-state index in [4.69, 9.17) is 10.5 Å². The zero-order chi connectivity index (χ0) is 14.8. The maximum absolute atomic E-state index is 5.69. The molecule has 0 unspecified atom stereocenters. The van der Waals surface area contributed by atoms with Crippen molar-refractivity contribution in [1.29, 1.82) is 0 Å². The van der Waals surface area contributed by atoms with Crippen molar-refractivity contribution in [2.75, 3.05) is 5.73 Å². The number of halogens is 1. The van der Waals surface area contributed by atoms with Crippen molar-refractivity contribution in [3.63, 3.8) is 0 Å². The van der Waals surface area contributed by atoms with Gasteiger partial charge in [-0.1, -0.05) is 6.07 Å². The summed E-state index contributed by atoms with van der Waals surface area (Å²) in [5, 5.41) is 4.05. The number of anilines is 1. The second-order valence-electron chi connectivity index (χ2n) is 4.26. The molecule has 2 aromatic heterocycles. The molecule has 3 aromatic rings. The van der Waals surface area contributed by atoms with Gasteiger partial charge in [-0.15, -0.1) is 0 Å². The molecule has 0 fully saturated rings. The van der Waals surface area contributed by atoms with E-state index < -0.39 is 0 Å². The molecule has 1 aromatic carbocycles. The SMILES string of the molecule is Cc1ccc(Oc2nc(N)nc(-n3cccn3)n2)c(Br)c1. The Morgan fingerprint density at radius 3 is 2.81 bits per heavy atom. The van der Waals surface area contributed by atoms with Crippen molar-refractivity contribution in [1.82, 2.24) is 24.7 Å². The van der Waals surface area contributed by atoms with Crippen LogP contribution in [0.25, 0.3) is 5.95 Å². The highest BCUT2D eigenvalue weighted by molar-refractivity contribution is 9.10. The minimum Gasteiger partial charge on any atom is -0.423 e. The number of hydrogen-bond donors (Lipinski definition) is 1. The van der Waals surface area contributed by atoms with Gasteiger partial charge in [0.05, 0.1) is 4.47 Å². The van der Waals surface area contributed by atoms with Gasteiger partial charge in [0.2, 0.25) is 5.95 Å². The van der Waals surface area contributed by atoms with Gasteiger partial charge in [-0.3, -0.25) is 0 Å². The summed E-state index contributed by atoms with van der Waals surface area (Å²) in [4.78, 5) is 12.2. The van der Waals surface area contributed by atoms with E-state index in [0.717, 1.165) is 10.0 Å². The fourth-order valence-corrected chi connectivity index (χ4v) is 2.26. The number of rotatable bonds is 3. The Bertz CT molecular complexity index is 774. The van der Waals surface area contributed by atoms with Gasteiger partial charge in [0.15, 0.2) is 0 Å². The molecule has 21 heavy (non-hydrogen) atoms. The van der Waals surface area contributed by atoms with Crippen LogP contribution >= 0.6 is 15.9 Å². The topological polar surface area (TPSA) is 91.7 Å². The van der Waals surface area contributed by atoms with Gasteiger partial charge in [-0.05, 0) is 46.6 Å². The summed E-state index contributed by atoms with van der Waals surface area (Å²) in [6, 6.07) is 7.56. The zero-order valence-corrected chi connectivity index (χ0v) is 12.6. The van der Waals surface area contributed by atoms with E-state index in [9.17, 15) is 0 Å². The number of hydrogen-bond acceptors (Lipinski definition) is 6. The van der Waals surface area contributed by atoms with Gasteiger partial charge in [-0.25, -0.2) is 4.68 Å². The summed E-state index contributed by atoms with van der Waals surface area (Å²) in [5.41, 5.74) is 6.80. The van der Waals surface area contributed by atoms with E-state index in [1.165, 1.54) is 4.68 Å².